The summed E-state index contributed by atoms with van der Waals surface area (Å²) in [4.78, 5) is 1.32. The van der Waals surface area contributed by atoms with Crippen molar-refractivity contribution in [2.75, 3.05) is 0 Å². The second-order valence-electron chi connectivity index (χ2n) is 3.70. The molecule has 0 bridgehead atoms. The highest BCUT2D eigenvalue weighted by molar-refractivity contribution is 4.84. The SMILES string of the molecule is CC(C)C(O)C(O)Cc1nnn(C)n1. The minimum Gasteiger partial charge on any atom is -0.390 e. The predicted octanol–water partition coefficient (Wildman–Crippen LogP) is -0.870. The van der Waals surface area contributed by atoms with Crippen molar-refractivity contribution in [1.29, 1.82) is 0 Å². The Morgan fingerprint density at radius 3 is 2.43 bits per heavy atom. The van der Waals surface area contributed by atoms with E-state index in [1.807, 2.05) is 13.8 Å². The van der Waals surface area contributed by atoms with E-state index >= 15 is 0 Å². The summed E-state index contributed by atoms with van der Waals surface area (Å²) in [6.45, 7) is 3.69. The third kappa shape index (κ3) is 2.74. The maximum absolute atomic E-state index is 9.58. The Kier molecular flexibility index (Phi) is 3.54. The van der Waals surface area contributed by atoms with Gasteiger partial charge in [0.15, 0.2) is 5.82 Å². The van der Waals surface area contributed by atoms with Crippen LogP contribution >= 0.6 is 0 Å². The van der Waals surface area contributed by atoms with Crippen LogP contribution < -0.4 is 0 Å². The van der Waals surface area contributed by atoms with Gasteiger partial charge in [-0.15, -0.1) is 10.2 Å². The lowest BCUT2D eigenvalue weighted by molar-refractivity contribution is -0.00831. The van der Waals surface area contributed by atoms with Gasteiger partial charge in [0.1, 0.15) is 0 Å². The third-order valence-corrected chi connectivity index (χ3v) is 2.02. The quantitative estimate of drug-likeness (QED) is 0.660. The van der Waals surface area contributed by atoms with Crippen LogP contribution in [-0.4, -0.2) is 42.6 Å². The molecule has 0 saturated heterocycles. The van der Waals surface area contributed by atoms with Crippen molar-refractivity contribution in [3.05, 3.63) is 5.82 Å². The molecule has 0 radical (unpaired) electrons. The van der Waals surface area contributed by atoms with Gasteiger partial charge in [-0.05, 0) is 11.1 Å². The van der Waals surface area contributed by atoms with Gasteiger partial charge in [0.25, 0.3) is 0 Å². The van der Waals surface area contributed by atoms with E-state index in [-0.39, 0.29) is 12.3 Å². The number of aryl methyl sites for hydroxylation is 1. The first kappa shape index (κ1) is 11.1. The van der Waals surface area contributed by atoms with Crippen molar-refractivity contribution in [3.8, 4) is 0 Å². The lowest BCUT2D eigenvalue weighted by atomic mass is 10.00. The normalized spacial score (nSPS) is 15.9. The van der Waals surface area contributed by atoms with E-state index in [1.54, 1.807) is 7.05 Å². The van der Waals surface area contributed by atoms with Gasteiger partial charge in [-0.2, -0.15) is 4.80 Å². The summed E-state index contributed by atoms with van der Waals surface area (Å²) in [5.41, 5.74) is 0. The van der Waals surface area contributed by atoms with Gasteiger partial charge >= 0.3 is 0 Å². The highest BCUT2D eigenvalue weighted by atomic mass is 16.3. The monoisotopic (exact) mass is 200 g/mol. The van der Waals surface area contributed by atoms with Crippen molar-refractivity contribution in [3.63, 3.8) is 0 Å². The van der Waals surface area contributed by atoms with Crippen LogP contribution in [0.1, 0.15) is 19.7 Å². The fourth-order valence-electron chi connectivity index (χ4n) is 1.16. The van der Waals surface area contributed by atoms with E-state index in [0.717, 1.165) is 0 Å². The van der Waals surface area contributed by atoms with Crippen LogP contribution in [0.3, 0.4) is 0 Å². The van der Waals surface area contributed by atoms with Gasteiger partial charge in [0, 0.05) is 6.42 Å². The Morgan fingerprint density at radius 2 is 2.00 bits per heavy atom. The molecular weight excluding hydrogens is 184 g/mol. The maximum atomic E-state index is 9.58. The number of aliphatic hydroxyl groups excluding tert-OH is 2. The molecule has 2 atom stereocenters. The van der Waals surface area contributed by atoms with Crippen LogP contribution in [0.25, 0.3) is 0 Å². The first-order valence-corrected chi connectivity index (χ1v) is 4.59. The summed E-state index contributed by atoms with van der Waals surface area (Å²) in [6.07, 6.45) is -1.36. The molecular formula is C8H16N4O2. The zero-order valence-corrected chi connectivity index (χ0v) is 8.62. The summed E-state index contributed by atoms with van der Waals surface area (Å²) < 4.78 is 0. The van der Waals surface area contributed by atoms with Crippen LogP contribution in [0, 0.1) is 5.92 Å². The molecule has 0 aliphatic carbocycles. The number of nitrogens with zero attached hydrogens (tertiary/aromatic N) is 4. The smallest absolute Gasteiger partial charge is 0.177 e. The molecule has 80 valence electrons. The molecule has 0 spiro atoms. The summed E-state index contributed by atoms with van der Waals surface area (Å²) in [5.74, 6) is 0.460. The first-order valence-electron chi connectivity index (χ1n) is 4.59. The molecule has 14 heavy (non-hydrogen) atoms. The Hall–Kier alpha value is -1.01. The largest absolute Gasteiger partial charge is 0.390 e. The molecule has 0 aliphatic heterocycles. The molecule has 0 saturated carbocycles. The van der Waals surface area contributed by atoms with Crippen molar-refractivity contribution in [2.24, 2.45) is 13.0 Å². The molecule has 1 rings (SSSR count). The maximum Gasteiger partial charge on any atom is 0.177 e. The van der Waals surface area contributed by atoms with Crippen LogP contribution in [-0.2, 0) is 13.5 Å². The summed E-state index contributed by atoms with van der Waals surface area (Å²) in [7, 11) is 1.65. The van der Waals surface area contributed by atoms with Gasteiger partial charge in [0.2, 0.25) is 0 Å². The van der Waals surface area contributed by atoms with Gasteiger partial charge in [-0.3, -0.25) is 0 Å². The third-order valence-electron chi connectivity index (χ3n) is 2.02. The summed E-state index contributed by atoms with van der Waals surface area (Å²) in [6, 6.07) is 0. The van der Waals surface area contributed by atoms with E-state index in [1.165, 1.54) is 4.80 Å². The van der Waals surface area contributed by atoms with Gasteiger partial charge in [0.05, 0.1) is 19.3 Å². The molecule has 0 fully saturated rings. The van der Waals surface area contributed by atoms with Crippen molar-refractivity contribution >= 4 is 0 Å². The second kappa shape index (κ2) is 4.47. The Balaban J connectivity index is 2.52. The fourth-order valence-corrected chi connectivity index (χ4v) is 1.16. The average Bonchev–Trinajstić information content (AvgIpc) is 2.49. The van der Waals surface area contributed by atoms with Crippen molar-refractivity contribution in [1.82, 2.24) is 20.2 Å². The van der Waals surface area contributed by atoms with E-state index in [4.69, 9.17) is 0 Å². The molecule has 1 heterocycles. The summed E-state index contributed by atoms with van der Waals surface area (Å²) in [5, 5.41) is 30.4. The lowest BCUT2D eigenvalue weighted by Gasteiger charge is -2.19. The van der Waals surface area contributed by atoms with Crippen LogP contribution in [0.4, 0.5) is 0 Å². The number of hydrogen-bond donors (Lipinski definition) is 2. The zero-order valence-electron chi connectivity index (χ0n) is 8.62. The van der Waals surface area contributed by atoms with Gasteiger partial charge in [-0.1, -0.05) is 13.8 Å². The average molecular weight is 200 g/mol. The van der Waals surface area contributed by atoms with Crippen LogP contribution in [0.2, 0.25) is 0 Å². The molecule has 0 aromatic carbocycles. The number of tetrazole rings is 1. The van der Waals surface area contributed by atoms with Gasteiger partial charge < -0.3 is 10.2 Å². The number of rotatable bonds is 4. The van der Waals surface area contributed by atoms with Crippen LogP contribution in [0.15, 0.2) is 0 Å². The highest BCUT2D eigenvalue weighted by Crippen LogP contribution is 2.09. The minimum absolute atomic E-state index is 0.0154. The van der Waals surface area contributed by atoms with E-state index in [9.17, 15) is 10.2 Å². The predicted molar refractivity (Wildman–Crippen MR) is 49.4 cm³/mol. The molecule has 6 heteroatoms. The van der Waals surface area contributed by atoms with E-state index in [2.05, 4.69) is 15.4 Å². The Bertz CT molecular complexity index is 287. The van der Waals surface area contributed by atoms with Crippen molar-refractivity contribution in [2.45, 2.75) is 32.5 Å². The molecule has 0 aliphatic rings. The van der Waals surface area contributed by atoms with E-state index in [0.29, 0.717) is 5.82 Å². The lowest BCUT2D eigenvalue weighted by Crippen LogP contribution is -2.32. The van der Waals surface area contributed by atoms with Crippen molar-refractivity contribution < 1.29 is 10.2 Å². The second-order valence-corrected chi connectivity index (χ2v) is 3.70. The molecule has 2 N–H and O–H groups in total. The standard InChI is InChI=1S/C8H16N4O2/c1-5(2)8(14)6(13)4-7-9-11-12(3)10-7/h5-6,8,13-14H,4H2,1-3H3. The van der Waals surface area contributed by atoms with Gasteiger partial charge in [-0.25, -0.2) is 0 Å². The minimum atomic E-state index is -0.834. The first-order chi connectivity index (χ1) is 6.50. The molecule has 1 aromatic rings. The molecule has 6 nitrogen and oxygen atoms in total. The number of hydrogen-bond acceptors (Lipinski definition) is 5. The topological polar surface area (TPSA) is 84.1 Å². The number of aliphatic hydroxyl groups is 2. The Morgan fingerprint density at radius 1 is 1.36 bits per heavy atom. The summed E-state index contributed by atoms with van der Waals surface area (Å²) >= 11 is 0. The fraction of sp³-hybridized carbons (Fsp3) is 0.875. The molecule has 1 aromatic heterocycles. The van der Waals surface area contributed by atoms with E-state index < -0.39 is 12.2 Å². The zero-order chi connectivity index (χ0) is 10.7. The molecule has 0 amide bonds. The van der Waals surface area contributed by atoms with Crippen LogP contribution in [0.5, 0.6) is 0 Å². The Labute approximate surface area is 82.6 Å². The number of aromatic nitrogens is 4. The molecule has 2 unspecified atom stereocenters. The highest BCUT2D eigenvalue weighted by Gasteiger charge is 2.21.